The van der Waals surface area contributed by atoms with Gasteiger partial charge in [0.2, 0.25) is 0 Å². The lowest BCUT2D eigenvalue weighted by Gasteiger charge is -2.10. The van der Waals surface area contributed by atoms with Gasteiger partial charge in [-0.1, -0.05) is 0 Å². The van der Waals surface area contributed by atoms with E-state index >= 15 is 0 Å². The average molecular weight is 149 g/mol. The molecule has 0 aliphatic carbocycles. The number of ether oxygens (including phenoxy) is 1. The van der Waals surface area contributed by atoms with Crippen molar-refractivity contribution in [3.63, 3.8) is 0 Å². The quantitative estimate of drug-likeness (QED) is 0.584. The molecule has 10 heavy (non-hydrogen) atoms. The van der Waals surface area contributed by atoms with Crippen molar-refractivity contribution in [2.24, 2.45) is 5.73 Å². The van der Waals surface area contributed by atoms with E-state index in [-0.39, 0.29) is 6.61 Å². The van der Waals surface area contributed by atoms with Gasteiger partial charge in [-0.3, -0.25) is 4.79 Å². The molecule has 2 unspecified atom stereocenters. The van der Waals surface area contributed by atoms with Crippen molar-refractivity contribution in [3.8, 4) is 0 Å². The molecule has 3 nitrogen and oxygen atoms in total. The van der Waals surface area contributed by atoms with Gasteiger partial charge >= 0.3 is 5.97 Å². The number of halogens is 1. The summed E-state index contributed by atoms with van der Waals surface area (Å²) in [6, 6.07) is -1.14. The van der Waals surface area contributed by atoms with Crippen LogP contribution in [0.1, 0.15) is 13.8 Å². The van der Waals surface area contributed by atoms with Crippen LogP contribution in [0.3, 0.4) is 0 Å². The van der Waals surface area contributed by atoms with Gasteiger partial charge < -0.3 is 10.5 Å². The van der Waals surface area contributed by atoms with E-state index in [4.69, 9.17) is 5.73 Å². The van der Waals surface area contributed by atoms with Crippen LogP contribution in [0.4, 0.5) is 4.39 Å². The van der Waals surface area contributed by atoms with Crippen molar-refractivity contribution in [1.29, 1.82) is 0 Å². The Morgan fingerprint density at radius 1 is 1.80 bits per heavy atom. The summed E-state index contributed by atoms with van der Waals surface area (Å²) in [6.45, 7) is 3.11. The number of esters is 1. The number of rotatable bonds is 3. The van der Waals surface area contributed by atoms with Crippen molar-refractivity contribution in [2.75, 3.05) is 6.61 Å². The molecule has 2 N–H and O–H groups in total. The molecule has 0 aromatic heterocycles. The van der Waals surface area contributed by atoms with E-state index in [1.54, 1.807) is 6.92 Å². The molecule has 0 aromatic rings. The van der Waals surface area contributed by atoms with E-state index in [9.17, 15) is 9.18 Å². The highest BCUT2D eigenvalue weighted by Crippen LogP contribution is 1.96. The van der Waals surface area contributed by atoms with Crippen LogP contribution < -0.4 is 5.73 Å². The minimum atomic E-state index is -1.35. The fraction of sp³-hybridized carbons (Fsp3) is 0.833. The van der Waals surface area contributed by atoms with Crippen molar-refractivity contribution >= 4 is 5.97 Å². The average Bonchev–Trinajstić information content (AvgIpc) is 1.87. The minimum Gasteiger partial charge on any atom is -0.465 e. The molecule has 0 aromatic carbocycles. The number of carbonyl (C=O) groups excluding carboxylic acids is 1. The van der Waals surface area contributed by atoms with Gasteiger partial charge in [-0.15, -0.1) is 0 Å². The fourth-order valence-electron chi connectivity index (χ4n) is 0.426. The molecular weight excluding hydrogens is 137 g/mol. The Morgan fingerprint density at radius 3 is 2.60 bits per heavy atom. The SMILES string of the molecule is CCOC(=O)C(N)C(C)F. The van der Waals surface area contributed by atoms with Crippen LogP contribution in [-0.2, 0) is 9.53 Å². The zero-order valence-corrected chi connectivity index (χ0v) is 6.13. The van der Waals surface area contributed by atoms with Gasteiger partial charge in [0, 0.05) is 0 Å². The zero-order valence-electron chi connectivity index (χ0n) is 6.13. The third-order valence-corrected chi connectivity index (χ3v) is 1.05. The molecule has 0 heterocycles. The molecule has 2 atom stereocenters. The van der Waals surface area contributed by atoms with Crippen molar-refractivity contribution in [1.82, 2.24) is 0 Å². The molecule has 0 saturated heterocycles. The summed E-state index contributed by atoms with van der Waals surface area (Å²) in [6.07, 6.45) is -1.35. The van der Waals surface area contributed by atoms with Crippen LogP contribution in [-0.4, -0.2) is 24.8 Å². The lowest BCUT2D eigenvalue weighted by Crippen LogP contribution is -2.39. The highest BCUT2D eigenvalue weighted by molar-refractivity contribution is 5.76. The first-order chi connectivity index (χ1) is 4.59. The zero-order chi connectivity index (χ0) is 8.15. The van der Waals surface area contributed by atoms with Crippen LogP contribution in [0, 0.1) is 0 Å². The highest BCUT2D eigenvalue weighted by Gasteiger charge is 2.20. The molecular formula is C6H12FNO2. The van der Waals surface area contributed by atoms with Crippen LogP contribution in [0.2, 0.25) is 0 Å². The third kappa shape index (κ3) is 2.77. The van der Waals surface area contributed by atoms with Crippen LogP contribution in [0.15, 0.2) is 0 Å². The molecule has 0 spiro atoms. The van der Waals surface area contributed by atoms with E-state index in [0.717, 1.165) is 0 Å². The van der Waals surface area contributed by atoms with Gasteiger partial charge in [-0.25, -0.2) is 4.39 Å². The maximum absolute atomic E-state index is 12.2. The Bertz CT molecular complexity index is 116. The number of alkyl halides is 1. The van der Waals surface area contributed by atoms with Crippen LogP contribution in [0.25, 0.3) is 0 Å². The highest BCUT2D eigenvalue weighted by atomic mass is 19.1. The molecule has 0 aliphatic rings. The number of hydrogen-bond donors (Lipinski definition) is 1. The van der Waals surface area contributed by atoms with Crippen LogP contribution in [0.5, 0.6) is 0 Å². The van der Waals surface area contributed by atoms with E-state index in [0.29, 0.717) is 0 Å². The van der Waals surface area contributed by atoms with Crippen molar-refractivity contribution in [2.45, 2.75) is 26.1 Å². The van der Waals surface area contributed by atoms with Gasteiger partial charge in [0.1, 0.15) is 12.2 Å². The first kappa shape index (κ1) is 9.36. The Balaban J connectivity index is 3.71. The predicted molar refractivity (Wildman–Crippen MR) is 35.2 cm³/mol. The second kappa shape index (κ2) is 4.22. The summed E-state index contributed by atoms with van der Waals surface area (Å²) >= 11 is 0. The summed E-state index contributed by atoms with van der Waals surface area (Å²) < 4.78 is 16.7. The Hall–Kier alpha value is -0.640. The summed E-state index contributed by atoms with van der Waals surface area (Å²) in [7, 11) is 0. The monoisotopic (exact) mass is 149 g/mol. The molecule has 0 saturated carbocycles. The molecule has 60 valence electrons. The van der Waals surface area contributed by atoms with E-state index in [2.05, 4.69) is 4.74 Å². The van der Waals surface area contributed by atoms with Crippen molar-refractivity contribution < 1.29 is 13.9 Å². The molecule has 0 amide bonds. The van der Waals surface area contributed by atoms with Gasteiger partial charge in [0.05, 0.1) is 6.61 Å². The van der Waals surface area contributed by atoms with Crippen LogP contribution >= 0.6 is 0 Å². The normalized spacial score (nSPS) is 16.0. The number of nitrogens with two attached hydrogens (primary N) is 1. The number of hydrogen-bond acceptors (Lipinski definition) is 3. The van der Waals surface area contributed by atoms with E-state index < -0.39 is 18.2 Å². The summed E-state index contributed by atoms with van der Waals surface area (Å²) in [4.78, 5) is 10.6. The first-order valence-corrected chi connectivity index (χ1v) is 3.15. The fourth-order valence-corrected chi connectivity index (χ4v) is 0.426. The Kier molecular flexibility index (Phi) is 3.95. The maximum Gasteiger partial charge on any atom is 0.325 e. The summed E-state index contributed by atoms with van der Waals surface area (Å²) in [5, 5.41) is 0. The molecule has 0 radical (unpaired) electrons. The molecule has 0 fully saturated rings. The predicted octanol–water partition coefficient (Wildman–Crippen LogP) is 0.235. The summed E-state index contributed by atoms with van der Waals surface area (Å²) in [5.41, 5.74) is 5.10. The first-order valence-electron chi connectivity index (χ1n) is 3.15. The van der Waals surface area contributed by atoms with Gasteiger partial charge in [0.15, 0.2) is 0 Å². The minimum absolute atomic E-state index is 0.235. The standard InChI is InChI=1S/C6H12FNO2/c1-3-10-6(9)5(8)4(2)7/h4-5H,3,8H2,1-2H3. The number of carbonyl (C=O) groups is 1. The van der Waals surface area contributed by atoms with Gasteiger partial charge in [-0.2, -0.15) is 0 Å². The largest absolute Gasteiger partial charge is 0.465 e. The topological polar surface area (TPSA) is 52.3 Å². The lowest BCUT2D eigenvalue weighted by atomic mass is 10.2. The second-order valence-electron chi connectivity index (χ2n) is 1.96. The molecule has 0 aliphatic heterocycles. The van der Waals surface area contributed by atoms with Crippen molar-refractivity contribution in [3.05, 3.63) is 0 Å². The van der Waals surface area contributed by atoms with Gasteiger partial charge in [-0.05, 0) is 13.8 Å². The summed E-state index contributed by atoms with van der Waals surface area (Å²) in [5.74, 6) is -0.683. The Labute approximate surface area is 59.3 Å². The second-order valence-corrected chi connectivity index (χ2v) is 1.96. The molecule has 0 rings (SSSR count). The maximum atomic E-state index is 12.2. The lowest BCUT2D eigenvalue weighted by molar-refractivity contribution is -0.146. The van der Waals surface area contributed by atoms with E-state index in [1.165, 1.54) is 6.92 Å². The van der Waals surface area contributed by atoms with E-state index in [1.807, 2.05) is 0 Å². The van der Waals surface area contributed by atoms with Gasteiger partial charge in [0.25, 0.3) is 0 Å². The molecule has 4 heteroatoms. The third-order valence-electron chi connectivity index (χ3n) is 1.05. The smallest absolute Gasteiger partial charge is 0.325 e. The Morgan fingerprint density at radius 2 is 2.30 bits per heavy atom. The molecule has 0 bridgehead atoms.